The van der Waals surface area contributed by atoms with Crippen LogP contribution in [0.25, 0.3) is 0 Å². The van der Waals surface area contributed by atoms with Crippen molar-refractivity contribution in [2.24, 2.45) is 5.73 Å². The molecule has 1 aromatic rings. The van der Waals surface area contributed by atoms with Crippen LogP contribution in [0.15, 0.2) is 23.1 Å². The lowest BCUT2D eigenvalue weighted by molar-refractivity contribution is 0.204. The van der Waals surface area contributed by atoms with Crippen molar-refractivity contribution in [2.45, 2.75) is 63.6 Å². The van der Waals surface area contributed by atoms with Gasteiger partial charge in [0, 0.05) is 18.6 Å². The van der Waals surface area contributed by atoms with Gasteiger partial charge in [0.25, 0.3) is 0 Å². The first-order valence-corrected chi connectivity index (χ1v) is 8.65. The summed E-state index contributed by atoms with van der Waals surface area (Å²) < 4.78 is 27.6. The van der Waals surface area contributed by atoms with Gasteiger partial charge in [0.15, 0.2) is 0 Å². The first-order valence-electron chi connectivity index (χ1n) is 7.21. The summed E-state index contributed by atoms with van der Waals surface area (Å²) in [5.74, 6) is 0. The number of piperidine rings is 1. The second-order valence-corrected chi connectivity index (χ2v) is 7.52. The number of nitrogens with zero attached hydrogens (tertiary/aromatic N) is 1. The van der Waals surface area contributed by atoms with Crippen LogP contribution in [-0.2, 0) is 16.6 Å². The highest BCUT2D eigenvalue weighted by atomic mass is 32.2. The van der Waals surface area contributed by atoms with Crippen molar-refractivity contribution >= 4 is 10.0 Å². The fourth-order valence-corrected chi connectivity index (χ4v) is 5.30. The van der Waals surface area contributed by atoms with E-state index in [2.05, 4.69) is 0 Å². The fourth-order valence-electron chi connectivity index (χ4n) is 3.15. The molecule has 0 aromatic heterocycles. The van der Waals surface area contributed by atoms with E-state index in [-0.39, 0.29) is 12.1 Å². The third-order valence-electron chi connectivity index (χ3n) is 4.28. The van der Waals surface area contributed by atoms with Gasteiger partial charge in [-0.15, -0.1) is 0 Å². The molecule has 112 valence electrons. The van der Waals surface area contributed by atoms with Crippen molar-refractivity contribution in [3.05, 3.63) is 29.3 Å². The molecule has 0 amide bonds. The number of hydrogen-bond donors (Lipinski definition) is 1. The quantitative estimate of drug-likeness (QED) is 0.931. The smallest absolute Gasteiger partial charge is 0.243 e. The minimum Gasteiger partial charge on any atom is -0.326 e. The average Bonchev–Trinajstić information content (AvgIpc) is 2.38. The van der Waals surface area contributed by atoms with Crippen molar-refractivity contribution in [2.75, 3.05) is 0 Å². The molecular weight excluding hydrogens is 272 g/mol. The van der Waals surface area contributed by atoms with E-state index in [0.717, 1.165) is 30.4 Å². The first-order chi connectivity index (χ1) is 9.39. The van der Waals surface area contributed by atoms with Crippen LogP contribution < -0.4 is 5.73 Å². The van der Waals surface area contributed by atoms with E-state index in [9.17, 15) is 8.42 Å². The molecule has 5 heteroatoms. The molecule has 1 heterocycles. The average molecular weight is 296 g/mol. The molecule has 0 radical (unpaired) electrons. The van der Waals surface area contributed by atoms with Gasteiger partial charge in [-0.1, -0.05) is 18.6 Å². The minimum atomic E-state index is -3.45. The molecule has 0 saturated carbocycles. The van der Waals surface area contributed by atoms with Crippen LogP contribution in [0.4, 0.5) is 0 Å². The Labute approximate surface area is 122 Å². The summed E-state index contributed by atoms with van der Waals surface area (Å²) >= 11 is 0. The van der Waals surface area contributed by atoms with E-state index in [0.29, 0.717) is 11.4 Å². The van der Waals surface area contributed by atoms with Crippen molar-refractivity contribution in [1.82, 2.24) is 4.31 Å². The van der Waals surface area contributed by atoms with Crippen LogP contribution in [-0.4, -0.2) is 24.8 Å². The highest BCUT2D eigenvalue weighted by Crippen LogP contribution is 2.31. The first kappa shape index (κ1) is 15.5. The largest absolute Gasteiger partial charge is 0.326 e. The van der Waals surface area contributed by atoms with E-state index in [1.54, 1.807) is 16.4 Å². The van der Waals surface area contributed by atoms with Gasteiger partial charge in [0.2, 0.25) is 10.0 Å². The maximum absolute atomic E-state index is 13.0. The van der Waals surface area contributed by atoms with Crippen molar-refractivity contribution in [3.8, 4) is 0 Å². The summed E-state index contributed by atoms with van der Waals surface area (Å²) in [5, 5.41) is 0. The van der Waals surface area contributed by atoms with Gasteiger partial charge < -0.3 is 5.73 Å². The summed E-state index contributed by atoms with van der Waals surface area (Å²) in [6.07, 6.45) is 2.95. The molecule has 1 aliphatic rings. The Balaban J connectivity index is 2.49. The third kappa shape index (κ3) is 2.62. The summed E-state index contributed by atoms with van der Waals surface area (Å²) in [5.41, 5.74) is 7.36. The fraction of sp³-hybridized carbons (Fsp3) is 0.600. The molecule has 0 spiro atoms. The van der Waals surface area contributed by atoms with Crippen LogP contribution in [0.2, 0.25) is 0 Å². The van der Waals surface area contributed by atoms with Crippen LogP contribution in [0.1, 0.15) is 44.2 Å². The maximum atomic E-state index is 13.0. The Hall–Kier alpha value is -0.910. The van der Waals surface area contributed by atoms with Crippen molar-refractivity contribution in [3.63, 3.8) is 0 Å². The Bertz CT molecular complexity index is 574. The van der Waals surface area contributed by atoms with Crippen LogP contribution in [0.3, 0.4) is 0 Å². The molecule has 0 bridgehead atoms. The van der Waals surface area contributed by atoms with Gasteiger partial charge in [-0.25, -0.2) is 8.42 Å². The van der Waals surface area contributed by atoms with E-state index in [4.69, 9.17) is 5.73 Å². The van der Waals surface area contributed by atoms with Gasteiger partial charge >= 0.3 is 0 Å². The van der Waals surface area contributed by atoms with Crippen LogP contribution in [0.5, 0.6) is 0 Å². The van der Waals surface area contributed by atoms with Crippen molar-refractivity contribution in [1.29, 1.82) is 0 Å². The Morgan fingerprint density at radius 1 is 1.25 bits per heavy atom. The molecule has 2 N–H and O–H groups in total. The summed E-state index contributed by atoms with van der Waals surface area (Å²) in [4.78, 5) is 0.404. The predicted octanol–water partition coefficient (Wildman–Crippen LogP) is 2.41. The van der Waals surface area contributed by atoms with E-state index >= 15 is 0 Å². The molecule has 1 aromatic carbocycles. The summed E-state index contributed by atoms with van der Waals surface area (Å²) in [6, 6.07) is 5.48. The van der Waals surface area contributed by atoms with Gasteiger partial charge in [-0.2, -0.15) is 4.31 Å². The molecule has 20 heavy (non-hydrogen) atoms. The topological polar surface area (TPSA) is 63.4 Å². The van der Waals surface area contributed by atoms with Gasteiger partial charge in [0.05, 0.1) is 4.90 Å². The SMILES string of the molecule is Cc1c(CN)cccc1S(=O)(=O)N1[C@H](C)CCC[C@@H]1C. The lowest BCUT2D eigenvalue weighted by Gasteiger charge is -2.38. The molecule has 1 fully saturated rings. The van der Waals surface area contributed by atoms with Crippen LogP contribution in [0, 0.1) is 6.92 Å². The minimum absolute atomic E-state index is 0.0599. The van der Waals surface area contributed by atoms with E-state index in [1.807, 2.05) is 26.8 Å². The highest BCUT2D eigenvalue weighted by Gasteiger charge is 2.36. The molecule has 2 rings (SSSR count). The Morgan fingerprint density at radius 2 is 1.85 bits per heavy atom. The monoisotopic (exact) mass is 296 g/mol. The maximum Gasteiger partial charge on any atom is 0.243 e. The van der Waals surface area contributed by atoms with Gasteiger partial charge in [0.1, 0.15) is 0 Å². The van der Waals surface area contributed by atoms with E-state index in [1.165, 1.54) is 0 Å². The second-order valence-electron chi connectivity index (χ2n) is 5.71. The normalized spacial score (nSPS) is 24.8. The molecule has 4 nitrogen and oxygen atoms in total. The zero-order chi connectivity index (χ0) is 14.9. The van der Waals surface area contributed by atoms with Crippen molar-refractivity contribution < 1.29 is 8.42 Å². The van der Waals surface area contributed by atoms with Crippen LogP contribution >= 0.6 is 0 Å². The zero-order valence-electron chi connectivity index (χ0n) is 12.5. The molecular formula is C15H24N2O2S. The lowest BCUT2D eigenvalue weighted by atomic mass is 10.0. The molecule has 0 aliphatic carbocycles. The number of sulfonamides is 1. The van der Waals surface area contributed by atoms with Gasteiger partial charge in [-0.05, 0) is 50.8 Å². The number of rotatable bonds is 3. The number of benzene rings is 1. The molecule has 1 aliphatic heterocycles. The Kier molecular flexibility index (Phi) is 4.52. The molecule has 0 unspecified atom stereocenters. The third-order valence-corrected chi connectivity index (χ3v) is 6.56. The summed E-state index contributed by atoms with van der Waals surface area (Å²) in [6.45, 7) is 6.19. The standard InChI is InChI=1S/C15H24N2O2S/c1-11-6-4-7-12(2)17(11)20(18,19)15-9-5-8-14(10-16)13(15)3/h5,8-9,11-12H,4,6-7,10,16H2,1-3H3/t11-,12+. The predicted molar refractivity (Wildman–Crippen MR) is 80.9 cm³/mol. The van der Waals surface area contributed by atoms with E-state index < -0.39 is 10.0 Å². The zero-order valence-corrected chi connectivity index (χ0v) is 13.3. The Morgan fingerprint density at radius 3 is 2.40 bits per heavy atom. The second kappa shape index (κ2) is 5.84. The number of hydrogen-bond acceptors (Lipinski definition) is 3. The molecule has 2 atom stereocenters. The number of nitrogens with two attached hydrogens (primary N) is 1. The van der Waals surface area contributed by atoms with Gasteiger partial charge in [-0.3, -0.25) is 0 Å². The summed E-state index contributed by atoms with van der Waals surface area (Å²) in [7, 11) is -3.45. The lowest BCUT2D eigenvalue weighted by Crippen LogP contribution is -2.47. The molecule has 1 saturated heterocycles. The highest BCUT2D eigenvalue weighted by molar-refractivity contribution is 7.89.